The highest BCUT2D eigenvalue weighted by atomic mass is 32.1. The highest BCUT2D eigenvalue weighted by Crippen LogP contribution is 2.16. The van der Waals surface area contributed by atoms with Gasteiger partial charge in [0.2, 0.25) is 0 Å². The third kappa shape index (κ3) is 5.07. The first kappa shape index (κ1) is 18.0. The molecule has 1 fully saturated rings. The molecule has 25 heavy (non-hydrogen) atoms. The molecular formula is C16H24N6O2S. The van der Waals surface area contributed by atoms with E-state index < -0.39 is 0 Å². The molecule has 0 radical (unpaired) electrons. The molecule has 0 unspecified atom stereocenters. The van der Waals surface area contributed by atoms with Crippen LogP contribution in [0.5, 0.6) is 0 Å². The summed E-state index contributed by atoms with van der Waals surface area (Å²) in [7, 11) is 0. The number of nitrogens with one attached hydrogen (secondary N) is 1. The summed E-state index contributed by atoms with van der Waals surface area (Å²) in [5.74, 6) is -0.192. The Morgan fingerprint density at radius 2 is 2.12 bits per heavy atom. The van der Waals surface area contributed by atoms with Crippen LogP contribution in [0.4, 0.5) is 0 Å². The summed E-state index contributed by atoms with van der Waals surface area (Å²) in [6.07, 6.45) is 2.43. The number of hydrogen-bond acceptors (Lipinski definition) is 7. The maximum Gasteiger partial charge on any atom is 0.273 e. The molecule has 0 bridgehead atoms. The van der Waals surface area contributed by atoms with Gasteiger partial charge in [0.25, 0.3) is 5.91 Å². The minimum atomic E-state index is -0.192. The molecule has 1 saturated heterocycles. The number of carbonyl (C=O) groups excluding carboxylic acids is 1. The number of morpholine rings is 1. The average Bonchev–Trinajstić information content (AvgIpc) is 3.21. The third-order valence-corrected chi connectivity index (χ3v) is 5.35. The third-order valence-electron chi connectivity index (χ3n) is 4.22. The maximum absolute atomic E-state index is 12.2. The van der Waals surface area contributed by atoms with Crippen molar-refractivity contribution in [3.63, 3.8) is 0 Å². The largest absolute Gasteiger partial charge is 0.379 e. The first-order chi connectivity index (χ1) is 12.1. The van der Waals surface area contributed by atoms with Gasteiger partial charge in [0.15, 0.2) is 5.69 Å². The Hall–Kier alpha value is -1.84. The van der Waals surface area contributed by atoms with E-state index in [1.807, 2.05) is 6.92 Å². The number of carbonyl (C=O) groups is 1. The van der Waals surface area contributed by atoms with Gasteiger partial charge in [-0.25, -0.2) is 4.98 Å². The highest BCUT2D eigenvalue weighted by Gasteiger charge is 2.13. The molecule has 1 amide bonds. The minimum absolute atomic E-state index is 0.192. The number of ether oxygens (including phenoxy) is 1. The molecule has 0 spiro atoms. The van der Waals surface area contributed by atoms with Crippen LogP contribution in [-0.2, 0) is 17.7 Å². The first-order valence-electron chi connectivity index (χ1n) is 8.53. The monoisotopic (exact) mass is 364 g/mol. The van der Waals surface area contributed by atoms with E-state index in [1.165, 1.54) is 4.88 Å². The number of aromatic nitrogens is 4. The van der Waals surface area contributed by atoms with Gasteiger partial charge in [-0.3, -0.25) is 14.4 Å². The van der Waals surface area contributed by atoms with Crippen molar-refractivity contribution in [3.8, 4) is 0 Å². The number of rotatable bonds is 7. The Balaban J connectivity index is 1.42. The molecule has 9 heteroatoms. The van der Waals surface area contributed by atoms with Crippen LogP contribution < -0.4 is 5.32 Å². The number of hydrogen-bond donors (Lipinski definition) is 1. The lowest BCUT2D eigenvalue weighted by molar-refractivity contribution is 0.0359. The second kappa shape index (κ2) is 8.50. The average molecular weight is 364 g/mol. The van der Waals surface area contributed by atoms with E-state index in [1.54, 1.807) is 22.2 Å². The second-order valence-electron chi connectivity index (χ2n) is 6.08. The highest BCUT2D eigenvalue weighted by molar-refractivity contribution is 7.11. The smallest absolute Gasteiger partial charge is 0.273 e. The zero-order chi connectivity index (χ0) is 17.6. The zero-order valence-corrected chi connectivity index (χ0v) is 15.5. The van der Waals surface area contributed by atoms with Crippen molar-refractivity contribution in [1.29, 1.82) is 0 Å². The van der Waals surface area contributed by atoms with Gasteiger partial charge in [-0.2, -0.15) is 0 Å². The molecule has 0 aliphatic carbocycles. The Labute approximate surface area is 151 Å². The molecule has 2 aromatic heterocycles. The topological polar surface area (TPSA) is 85.2 Å². The van der Waals surface area contributed by atoms with E-state index in [4.69, 9.17) is 4.74 Å². The van der Waals surface area contributed by atoms with Gasteiger partial charge < -0.3 is 10.1 Å². The minimum Gasteiger partial charge on any atom is -0.379 e. The van der Waals surface area contributed by atoms with Crippen LogP contribution in [-0.4, -0.2) is 70.2 Å². The van der Waals surface area contributed by atoms with Crippen molar-refractivity contribution in [2.45, 2.75) is 26.8 Å². The van der Waals surface area contributed by atoms with Crippen molar-refractivity contribution in [3.05, 3.63) is 27.5 Å². The lowest BCUT2D eigenvalue weighted by Gasteiger charge is -2.26. The summed E-state index contributed by atoms with van der Waals surface area (Å²) >= 11 is 1.68. The molecule has 0 saturated carbocycles. The van der Waals surface area contributed by atoms with Crippen LogP contribution in [0.2, 0.25) is 0 Å². The van der Waals surface area contributed by atoms with E-state index in [9.17, 15) is 4.79 Å². The van der Waals surface area contributed by atoms with Crippen molar-refractivity contribution in [2.75, 3.05) is 39.4 Å². The normalized spacial score (nSPS) is 15.4. The summed E-state index contributed by atoms with van der Waals surface area (Å²) < 4.78 is 7.05. The number of amides is 1. The van der Waals surface area contributed by atoms with E-state index >= 15 is 0 Å². The second-order valence-corrected chi connectivity index (χ2v) is 7.36. The first-order valence-corrected chi connectivity index (χ1v) is 9.35. The van der Waals surface area contributed by atoms with Gasteiger partial charge in [0.05, 0.1) is 36.7 Å². The molecule has 8 nitrogen and oxygen atoms in total. The summed E-state index contributed by atoms with van der Waals surface area (Å²) in [5, 5.41) is 11.9. The van der Waals surface area contributed by atoms with E-state index in [2.05, 4.69) is 32.4 Å². The van der Waals surface area contributed by atoms with Crippen molar-refractivity contribution in [1.82, 2.24) is 30.2 Å². The molecule has 3 heterocycles. The molecule has 0 atom stereocenters. The van der Waals surface area contributed by atoms with E-state index in [-0.39, 0.29) is 5.91 Å². The van der Waals surface area contributed by atoms with Gasteiger partial charge in [-0.1, -0.05) is 5.21 Å². The number of aryl methyl sites for hydroxylation is 2. The van der Waals surface area contributed by atoms with Crippen LogP contribution in [0, 0.1) is 13.8 Å². The molecule has 136 valence electrons. The Morgan fingerprint density at radius 1 is 1.32 bits per heavy atom. The van der Waals surface area contributed by atoms with Crippen molar-refractivity contribution in [2.24, 2.45) is 0 Å². The molecule has 0 aromatic carbocycles. The van der Waals surface area contributed by atoms with Gasteiger partial charge in [0.1, 0.15) is 0 Å². The lowest BCUT2D eigenvalue weighted by atomic mass is 10.4. The Morgan fingerprint density at radius 3 is 2.84 bits per heavy atom. The summed E-state index contributed by atoms with van der Waals surface area (Å²) in [4.78, 5) is 20.2. The SMILES string of the molecule is Cc1nc(CCNC(=O)c2cn(CCN3CCOCC3)nn2)sc1C. The van der Waals surface area contributed by atoms with Crippen LogP contribution in [0.1, 0.15) is 26.1 Å². The lowest BCUT2D eigenvalue weighted by Crippen LogP contribution is -2.38. The van der Waals surface area contributed by atoms with Crippen LogP contribution in [0.25, 0.3) is 0 Å². The summed E-state index contributed by atoms with van der Waals surface area (Å²) in [5.41, 5.74) is 1.42. The number of nitrogens with zero attached hydrogens (tertiary/aromatic N) is 5. The fraction of sp³-hybridized carbons (Fsp3) is 0.625. The predicted molar refractivity (Wildman–Crippen MR) is 94.9 cm³/mol. The quantitative estimate of drug-likeness (QED) is 0.777. The van der Waals surface area contributed by atoms with Gasteiger partial charge >= 0.3 is 0 Å². The molecule has 1 aliphatic rings. The van der Waals surface area contributed by atoms with Gasteiger partial charge in [-0.05, 0) is 13.8 Å². The van der Waals surface area contributed by atoms with Crippen LogP contribution >= 0.6 is 11.3 Å². The molecule has 2 aromatic rings. The Kier molecular flexibility index (Phi) is 6.11. The fourth-order valence-electron chi connectivity index (χ4n) is 2.60. The summed E-state index contributed by atoms with van der Waals surface area (Å²) in [6, 6.07) is 0. The molecule has 1 aliphatic heterocycles. The standard InChI is InChI=1S/C16H24N6O2S/c1-12-13(2)25-15(18-12)3-4-17-16(23)14-11-22(20-19-14)6-5-21-7-9-24-10-8-21/h11H,3-10H2,1-2H3,(H,17,23). The van der Waals surface area contributed by atoms with E-state index in [0.717, 1.165) is 56.5 Å². The Bertz CT molecular complexity index is 688. The van der Waals surface area contributed by atoms with Gasteiger partial charge in [0, 0.05) is 37.5 Å². The zero-order valence-electron chi connectivity index (χ0n) is 14.7. The number of thiazole rings is 1. The maximum atomic E-state index is 12.2. The van der Waals surface area contributed by atoms with Crippen LogP contribution in [0.3, 0.4) is 0 Å². The molecule has 1 N–H and O–H groups in total. The fourth-order valence-corrected chi connectivity index (χ4v) is 3.53. The van der Waals surface area contributed by atoms with Crippen LogP contribution in [0.15, 0.2) is 6.20 Å². The predicted octanol–water partition coefficient (Wildman–Crippen LogP) is 0.656. The van der Waals surface area contributed by atoms with Crippen molar-refractivity contribution >= 4 is 17.2 Å². The van der Waals surface area contributed by atoms with Crippen molar-refractivity contribution < 1.29 is 9.53 Å². The summed E-state index contributed by atoms with van der Waals surface area (Å²) in [6.45, 7) is 9.66. The molecular weight excluding hydrogens is 340 g/mol. The van der Waals surface area contributed by atoms with Gasteiger partial charge in [-0.15, -0.1) is 16.4 Å². The molecule has 3 rings (SSSR count). The van der Waals surface area contributed by atoms with E-state index in [0.29, 0.717) is 12.2 Å².